The molecule has 2 heterocycles. The fourth-order valence-corrected chi connectivity index (χ4v) is 4.13. The number of rotatable bonds is 5. The van der Waals surface area contributed by atoms with E-state index in [0.717, 1.165) is 30.5 Å². The van der Waals surface area contributed by atoms with Crippen LogP contribution in [0.25, 0.3) is 0 Å². The van der Waals surface area contributed by atoms with Crippen molar-refractivity contribution >= 4 is 17.6 Å². The summed E-state index contributed by atoms with van der Waals surface area (Å²) < 4.78 is 0. The van der Waals surface area contributed by atoms with Crippen molar-refractivity contribution in [3.8, 4) is 0 Å². The van der Waals surface area contributed by atoms with Crippen LogP contribution in [0.1, 0.15) is 30.9 Å². The zero-order valence-corrected chi connectivity index (χ0v) is 16.1. The van der Waals surface area contributed by atoms with Gasteiger partial charge >= 0.3 is 6.03 Å². The third-order valence-electron chi connectivity index (χ3n) is 5.95. The number of aromatic nitrogens is 1. The van der Waals surface area contributed by atoms with E-state index < -0.39 is 0 Å². The molecule has 1 aliphatic heterocycles. The lowest BCUT2D eigenvalue weighted by Gasteiger charge is -2.18. The van der Waals surface area contributed by atoms with Crippen molar-refractivity contribution in [2.45, 2.75) is 32.7 Å². The third-order valence-corrected chi connectivity index (χ3v) is 5.95. The van der Waals surface area contributed by atoms with Crippen LogP contribution in [0.15, 0.2) is 48.8 Å². The van der Waals surface area contributed by atoms with E-state index in [9.17, 15) is 9.59 Å². The van der Waals surface area contributed by atoms with Crippen molar-refractivity contribution in [1.82, 2.24) is 15.2 Å². The van der Waals surface area contributed by atoms with Gasteiger partial charge < -0.3 is 15.5 Å². The average Bonchev–Trinajstić information content (AvgIpc) is 3.26. The fourth-order valence-electron chi connectivity index (χ4n) is 4.13. The van der Waals surface area contributed by atoms with Crippen LogP contribution in [0, 0.1) is 11.3 Å². The SMILES string of the molecule is CCc1cccc(NC(=O)N2CC[C@]3(C[C@@H]3C(=O)NCc3cccnc3)C2)c1. The van der Waals surface area contributed by atoms with Crippen LogP contribution in [0.3, 0.4) is 0 Å². The van der Waals surface area contributed by atoms with E-state index in [-0.39, 0.29) is 23.3 Å². The number of pyridine rings is 1. The molecule has 0 bridgehead atoms. The molecular formula is C22H26N4O2. The highest BCUT2D eigenvalue weighted by atomic mass is 16.2. The highest BCUT2D eigenvalue weighted by Crippen LogP contribution is 2.58. The van der Waals surface area contributed by atoms with Crippen molar-refractivity contribution in [2.75, 3.05) is 18.4 Å². The van der Waals surface area contributed by atoms with Crippen molar-refractivity contribution in [3.63, 3.8) is 0 Å². The molecule has 3 amide bonds. The number of benzene rings is 1. The number of urea groups is 1. The first kappa shape index (κ1) is 18.5. The molecule has 4 rings (SSSR count). The van der Waals surface area contributed by atoms with Gasteiger partial charge in [-0.15, -0.1) is 0 Å². The van der Waals surface area contributed by atoms with Gasteiger partial charge in [0.15, 0.2) is 0 Å². The van der Waals surface area contributed by atoms with Gasteiger partial charge in [-0.25, -0.2) is 4.79 Å². The number of hydrogen-bond acceptors (Lipinski definition) is 3. The Bertz CT molecular complexity index is 870. The number of aryl methyl sites for hydroxylation is 1. The topological polar surface area (TPSA) is 74.3 Å². The second kappa shape index (κ2) is 7.62. The third kappa shape index (κ3) is 3.86. The molecule has 6 nitrogen and oxygen atoms in total. The van der Waals surface area contributed by atoms with Crippen molar-refractivity contribution in [3.05, 3.63) is 59.9 Å². The minimum absolute atomic E-state index is 0.00499. The zero-order chi connectivity index (χ0) is 19.6. The van der Waals surface area contributed by atoms with Crippen LogP contribution < -0.4 is 10.6 Å². The van der Waals surface area contributed by atoms with Gasteiger partial charge in [-0.1, -0.05) is 25.1 Å². The van der Waals surface area contributed by atoms with Gasteiger partial charge in [0.2, 0.25) is 5.91 Å². The van der Waals surface area contributed by atoms with E-state index in [0.29, 0.717) is 19.6 Å². The molecule has 2 N–H and O–H groups in total. The maximum absolute atomic E-state index is 12.6. The smallest absolute Gasteiger partial charge is 0.321 e. The average molecular weight is 378 g/mol. The summed E-state index contributed by atoms with van der Waals surface area (Å²) in [7, 11) is 0. The van der Waals surface area contributed by atoms with Crippen LogP contribution in [0.2, 0.25) is 0 Å². The molecule has 1 saturated heterocycles. The predicted molar refractivity (Wildman–Crippen MR) is 108 cm³/mol. The van der Waals surface area contributed by atoms with Crippen LogP contribution >= 0.6 is 0 Å². The lowest BCUT2D eigenvalue weighted by molar-refractivity contribution is -0.123. The molecule has 1 aromatic heterocycles. The monoisotopic (exact) mass is 378 g/mol. The summed E-state index contributed by atoms with van der Waals surface area (Å²) in [5, 5.41) is 6.00. The molecule has 2 atom stereocenters. The molecule has 1 aromatic carbocycles. The lowest BCUT2D eigenvalue weighted by atomic mass is 10.0. The van der Waals surface area contributed by atoms with E-state index in [1.165, 1.54) is 5.56 Å². The van der Waals surface area contributed by atoms with E-state index in [4.69, 9.17) is 0 Å². The molecule has 2 aliphatic rings. The highest BCUT2D eigenvalue weighted by molar-refractivity contribution is 5.90. The Hall–Kier alpha value is -2.89. The maximum Gasteiger partial charge on any atom is 0.321 e. The summed E-state index contributed by atoms with van der Waals surface area (Å²) in [6, 6.07) is 11.7. The molecule has 146 valence electrons. The van der Waals surface area contributed by atoms with Crippen LogP contribution in [-0.4, -0.2) is 34.9 Å². The first-order valence-corrected chi connectivity index (χ1v) is 9.91. The summed E-state index contributed by atoms with van der Waals surface area (Å²) in [4.78, 5) is 31.1. The number of hydrogen-bond donors (Lipinski definition) is 2. The van der Waals surface area contributed by atoms with Crippen molar-refractivity contribution in [1.29, 1.82) is 0 Å². The Morgan fingerprint density at radius 3 is 2.89 bits per heavy atom. The summed E-state index contributed by atoms with van der Waals surface area (Å²) in [5.41, 5.74) is 2.98. The Morgan fingerprint density at radius 1 is 1.25 bits per heavy atom. The summed E-state index contributed by atoms with van der Waals surface area (Å²) in [6.45, 7) is 3.94. The number of likely N-dealkylation sites (tertiary alicyclic amines) is 1. The van der Waals surface area contributed by atoms with Crippen LogP contribution in [0.4, 0.5) is 10.5 Å². The molecule has 28 heavy (non-hydrogen) atoms. The number of anilines is 1. The van der Waals surface area contributed by atoms with E-state index in [2.05, 4.69) is 28.6 Å². The molecule has 2 aromatic rings. The molecule has 6 heteroatoms. The molecule has 2 fully saturated rings. The first-order chi connectivity index (χ1) is 13.6. The zero-order valence-electron chi connectivity index (χ0n) is 16.1. The standard InChI is InChI=1S/C22H26N4O2/c1-2-16-5-3-7-18(11-16)25-21(28)26-10-8-22(15-26)12-19(22)20(27)24-14-17-6-4-9-23-13-17/h3-7,9,11,13,19H,2,8,10,12,14-15H2,1H3,(H,24,27)(H,25,28)/t19-,22+/m1/s1. The van der Waals surface area contributed by atoms with E-state index >= 15 is 0 Å². The Labute approximate surface area is 165 Å². The largest absolute Gasteiger partial charge is 0.352 e. The lowest BCUT2D eigenvalue weighted by Crippen LogP contribution is -2.34. The molecule has 1 aliphatic carbocycles. The molecule has 1 saturated carbocycles. The Balaban J connectivity index is 1.29. The molecule has 0 unspecified atom stereocenters. The van der Waals surface area contributed by atoms with Gasteiger partial charge in [-0.3, -0.25) is 9.78 Å². The summed E-state index contributed by atoms with van der Waals surface area (Å²) >= 11 is 0. The summed E-state index contributed by atoms with van der Waals surface area (Å²) in [5.74, 6) is 0.0900. The minimum atomic E-state index is -0.0773. The van der Waals surface area contributed by atoms with E-state index in [1.54, 1.807) is 12.4 Å². The second-order valence-corrected chi connectivity index (χ2v) is 7.85. The van der Waals surface area contributed by atoms with Gasteiger partial charge in [0.1, 0.15) is 0 Å². The fraction of sp³-hybridized carbons (Fsp3) is 0.409. The first-order valence-electron chi connectivity index (χ1n) is 9.91. The quantitative estimate of drug-likeness (QED) is 0.839. The maximum atomic E-state index is 12.6. The van der Waals surface area contributed by atoms with Crippen molar-refractivity contribution < 1.29 is 9.59 Å². The van der Waals surface area contributed by atoms with Gasteiger partial charge in [-0.05, 0) is 48.6 Å². The molecular weight excluding hydrogens is 352 g/mol. The molecule has 1 spiro atoms. The minimum Gasteiger partial charge on any atom is -0.352 e. The predicted octanol–water partition coefficient (Wildman–Crippen LogP) is 3.20. The number of amides is 3. The second-order valence-electron chi connectivity index (χ2n) is 7.85. The van der Waals surface area contributed by atoms with Gasteiger partial charge in [0.25, 0.3) is 0 Å². The van der Waals surface area contributed by atoms with Gasteiger partial charge in [0.05, 0.1) is 0 Å². The Kier molecular flexibility index (Phi) is 5.03. The van der Waals surface area contributed by atoms with Gasteiger partial charge in [0, 0.05) is 49.0 Å². The summed E-state index contributed by atoms with van der Waals surface area (Å²) in [6.07, 6.45) is 6.17. The van der Waals surface area contributed by atoms with Crippen LogP contribution in [-0.2, 0) is 17.8 Å². The number of carbonyl (C=O) groups is 2. The Morgan fingerprint density at radius 2 is 2.11 bits per heavy atom. The number of nitrogens with zero attached hydrogens (tertiary/aromatic N) is 2. The number of nitrogens with one attached hydrogen (secondary N) is 2. The van der Waals surface area contributed by atoms with Gasteiger partial charge in [-0.2, -0.15) is 0 Å². The van der Waals surface area contributed by atoms with Crippen molar-refractivity contribution in [2.24, 2.45) is 11.3 Å². The normalized spacial score (nSPS) is 22.9. The van der Waals surface area contributed by atoms with Crippen LogP contribution in [0.5, 0.6) is 0 Å². The van der Waals surface area contributed by atoms with E-state index in [1.807, 2.05) is 35.2 Å². The molecule has 0 radical (unpaired) electrons. The number of carbonyl (C=O) groups excluding carboxylic acids is 2. The highest BCUT2D eigenvalue weighted by Gasteiger charge is 2.61.